The van der Waals surface area contributed by atoms with Crippen LogP contribution in [0.2, 0.25) is 5.02 Å². The van der Waals surface area contributed by atoms with Crippen molar-refractivity contribution in [3.63, 3.8) is 0 Å². The molecule has 2 aromatic rings. The summed E-state index contributed by atoms with van der Waals surface area (Å²) in [5, 5.41) is 4.78. The third-order valence-corrected chi connectivity index (χ3v) is 2.47. The summed E-state index contributed by atoms with van der Waals surface area (Å²) in [5.41, 5.74) is 7.46. The Morgan fingerprint density at radius 3 is 2.88 bits per heavy atom. The van der Waals surface area contributed by atoms with E-state index in [9.17, 15) is 0 Å². The highest BCUT2D eigenvalue weighted by atomic mass is 35.5. The first-order valence-corrected chi connectivity index (χ1v) is 5.62. The van der Waals surface area contributed by atoms with Crippen LogP contribution in [0.4, 0.5) is 0 Å². The Hall–Kier alpha value is -1.76. The minimum Gasteiger partial charge on any atom is -0.320 e. The fourth-order valence-electron chi connectivity index (χ4n) is 1.53. The van der Waals surface area contributed by atoms with E-state index >= 15 is 0 Å². The van der Waals surface area contributed by atoms with Crippen LogP contribution >= 0.6 is 11.6 Å². The molecule has 3 nitrogen and oxygen atoms in total. The molecule has 2 rings (SSSR count). The van der Waals surface area contributed by atoms with Gasteiger partial charge in [0.05, 0.1) is 24.3 Å². The smallest absolute Gasteiger partial charge is 0.0785 e. The molecule has 1 aromatic heterocycles. The zero-order valence-corrected chi connectivity index (χ0v) is 9.98. The third kappa shape index (κ3) is 3.10. The van der Waals surface area contributed by atoms with E-state index in [0.717, 1.165) is 11.1 Å². The Kier molecular flexibility index (Phi) is 3.81. The topological polar surface area (TPSA) is 43.8 Å². The van der Waals surface area contributed by atoms with Crippen molar-refractivity contribution in [2.24, 2.45) is 5.73 Å². The molecule has 17 heavy (non-hydrogen) atoms. The van der Waals surface area contributed by atoms with Crippen LogP contribution in [0.5, 0.6) is 0 Å². The van der Waals surface area contributed by atoms with Crippen LogP contribution in [0.1, 0.15) is 11.1 Å². The zero-order chi connectivity index (χ0) is 12.1. The van der Waals surface area contributed by atoms with Gasteiger partial charge in [0.25, 0.3) is 0 Å². The van der Waals surface area contributed by atoms with E-state index in [0.29, 0.717) is 18.1 Å². The Balaban J connectivity index is 2.26. The first-order chi connectivity index (χ1) is 8.29. The van der Waals surface area contributed by atoms with E-state index in [2.05, 4.69) is 16.9 Å². The summed E-state index contributed by atoms with van der Waals surface area (Å²) in [5.74, 6) is 5.91. The molecule has 2 N–H and O–H groups in total. The highest BCUT2D eigenvalue weighted by Crippen LogP contribution is 2.11. The van der Waals surface area contributed by atoms with Crippen molar-refractivity contribution in [3.8, 4) is 11.8 Å². The van der Waals surface area contributed by atoms with Gasteiger partial charge in [0.15, 0.2) is 0 Å². The van der Waals surface area contributed by atoms with Gasteiger partial charge in [-0.1, -0.05) is 41.6 Å². The third-order valence-electron chi connectivity index (χ3n) is 2.28. The van der Waals surface area contributed by atoms with Crippen molar-refractivity contribution in [2.45, 2.75) is 6.54 Å². The second kappa shape index (κ2) is 5.53. The molecule has 0 saturated heterocycles. The number of hydrogen-bond donors (Lipinski definition) is 1. The molecular weight excluding hydrogens is 234 g/mol. The SMILES string of the molecule is NCC#Cc1ccccc1Cn1cc(Cl)cn1. The van der Waals surface area contributed by atoms with Gasteiger partial charge < -0.3 is 5.73 Å². The molecule has 0 fully saturated rings. The molecule has 0 unspecified atom stereocenters. The predicted molar refractivity (Wildman–Crippen MR) is 68.7 cm³/mol. The quantitative estimate of drug-likeness (QED) is 0.822. The molecule has 0 radical (unpaired) electrons. The average Bonchev–Trinajstić information content (AvgIpc) is 2.74. The number of hydrogen-bond acceptors (Lipinski definition) is 2. The van der Waals surface area contributed by atoms with Gasteiger partial charge >= 0.3 is 0 Å². The maximum atomic E-state index is 5.82. The number of nitrogens with two attached hydrogens (primary N) is 1. The average molecular weight is 246 g/mol. The largest absolute Gasteiger partial charge is 0.320 e. The highest BCUT2D eigenvalue weighted by molar-refractivity contribution is 6.30. The molecule has 1 heterocycles. The van der Waals surface area contributed by atoms with Gasteiger partial charge in [-0.3, -0.25) is 4.68 Å². The van der Waals surface area contributed by atoms with Gasteiger partial charge in [-0.2, -0.15) is 5.10 Å². The molecule has 0 spiro atoms. The maximum Gasteiger partial charge on any atom is 0.0785 e. The number of aromatic nitrogens is 2. The van der Waals surface area contributed by atoms with Crippen LogP contribution in [-0.4, -0.2) is 16.3 Å². The fraction of sp³-hybridized carbons (Fsp3) is 0.154. The highest BCUT2D eigenvalue weighted by Gasteiger charge is 2.01. The van der Waals surface area contributed by atoms with Crippen LogP contribution in [0.25, 0.3) is 0 Å². The number of halogens is 1. The monoisotopic (exact) mass is 245 g/mol. The van der Waals surface area contributed by atoms with E-state index < -0.39 is 0 Å². The summed E-state index contributed by atoms with van der Waals surface area (Å²) >= 11 is 5.82. The van der Waals surface area contributed by atoms with Crippen LogP contribution < -0.4 is 5.73 Å². The second-order valence-electron chi connectivity index (χ2n) is 3.52. The van der Waals surface area contributed by atoms with Crippen molar-refractivity contribution in [3.05, 3.63) is 52.8 Å². The van der Waals surface area contributed by atoms with Crippen LogP contribution in [0, 0.1) is 11.8 Å². The molecule has 0 bridgehead atoms. The lowest BCUT2D eigenvalue weighted by Crippen LogP contribution is -2.02. The van der Waals surface area contributed by atoms with E-state index in [1.165, 1.54) is 0 Å². The summed E-state index contributed by atoms with van der Waals surface area (Å²) in [6, 6.07) is 7.94. The van der Waals surface area contributed by atoms with Crippen LogP contribution in [0.15, 0.2) is 36.7 Å². The van der Waals surface area contributed by atoms with E-state index in [4.69, 9.17) is 17.3 Å². The summed E-state index contributed by atoms with van der Waals surface area (Å²) < 4.78 is 1.78. The first-order valence-electron chi connectivity index (χ1n) is 5.24. The number of rotatable bonds is 2. The van der Waals surface area contributed by atoms with Gasteiger partial charge in [0.1, 0.15) is 0 Å². The maximum absolute atomic E-state index is 5.82. The van der Waals surface area contributed by atoms with Crippen molar-refractivity contribution < 1.29 is 0 Å². The molecule has 86 valence electrons. The molecule has 0 atom stereocenters. The summed E-state index contributed by atoms with van der Waals surface area (Å²) in [6.45, 7) is 1.02. The summed E-state index contributed by atoms with van der Waals surface area (Å²) in [7, 11) is 0. The van der Waals surface area contributed by atoms with Gasteiger partial charge in [-0.25, -0.2) is 0 Å². The Bertz CT molecular complexity index is 563. The van der Waals surface area contributed by atoms with E-state index in [-0.39, 0.29) is 0 Å². The lowest BCUT2D eigenvalue weighted by atomic mass is 10.1. The van der Waals surface area contributed by atoms with Crippen molar-refractivity contribution in [1.29, 1.82) is 0 Å². The van der Waals surface area contributed by atoms with Crippen molar-refractivity contribution >= 4 is 11.6 Å². The van der Waals surface area contributed by atoms with Gasteiger partial charge in [0, 0.05) is 11.8 Å². The Labute approximate surface area is 105 Å². The minimum absolute atomic E-state index is 0.363. The molecule has 0 aliphatic heterocycles. The second-order valence-corrected chi connectivity index (χ2v) is 3.96. The Morgan fingerprint density at radius 2 is 2.18 bits per heavy atom. The molecule has 0 aliphatic rings. The zero-order valence-electron chi connectivity index (χ0n) is 9.23. The molecule has 1 aromatic carbocycles. The molecule has 0 saturated carbocycles. The lowest BCUT2D eigenvalue weighted by Gasteiger charge is -2.04. The van der Waals surface area contributed by atoms with Gasteiger partial charge in [-0.05, 0) is 11.6 Å². The normalized spacial score (nSPS) is 9.76. The van der Waals surface area contributed by atoms with E-state index in [1.807, 2.05) is 24.3 Å². The van der Waals surface area contributed by atoms with Gasteiger partial charge in [-0.15, -0.1) is 0 Å². The minimum atomic E-state index is 0.363. The first kappa shape index (κ1) is 11.7. The lowest BCUT2D eigenvalue weighted by molar-refractivity contribution is 0.686. The van der Waals surface area contributed by atoms with Crippen molar-refractivity contribution in [2.75, 3.05) is 6.54 Å². The standard InChI is InChI=1S/C13H12ClN3/c14-13-8-16-17(10-13)9-12-5-2-1-4-11(12)6-3-7-15/h1-2,4-5,8,10H,7,9,15H2. The van der Waals surface area contributed by atoms with E-state index in [1.54, 1.807) is 17.1 Å². The number of benzene rings is 1. The van der Waals surface area contributed by atoms with Crippen LogP contribution in [-0.2, 0) is 6.54 Å². The summed E-state index contributed by atoms with van der Waals surface area (Å²) in [6.07, 6.45) is 3.41. The number of nitrogens with zero attached hydrogens (tertiary/aromatic N) is 2. The van der Waals surface area contributed by atoms with Gasteiger partial charge in [0.2, 0.25) is 0 Å². The molecule has 0 aliphatic carbocycles. The predicted octanol–water partition coefficient (Wildman–Crippen LogP) is 1.90. The van der Waals surface area contributed by atoms with Crippen LogP contribution in [0.3, 0.4) is 0 Å². The van der Waals surface area contributed by atoms with Crippen molar-refractivity contribution in [1.82, 2.24) is 9.78 Å². The Morgan fingerprint density at radius 1 is 1.35 bits per heavy atom. The molecule has 0 amide bonds. The fourth-order valence-corrected chi connectivity index (χ4v) is 1.68. The molecule has 4 heteroatoms. The molecular formula is C13H12ClN3. The summed E-state index contributed by atoms with van der Waals surface area (Å²) in [4.78, 5) is 0.